The number of fused-ring (bicyclic) bond motifs is 1. The number of pyridine rings is 1. The van der Waals surface area contributed by atoms with Crippen molar-refractivity contribution in [3.05, 3.63) is 71.0 Å². The zero-order valence-corrected chi connectivity index (χ0v) is 14.2. The molecule has 3 aromatic rings. The fraction of sp³-hybridized carbons (Fsp3) is 0.250. The van der Waals surface area contributed by atoms with Gasteiger partial charge in [0.25, 0.3) is 0 Å². The number of benzene rings is 2. The van der Waals surface area contributed by atoms with Gasteiger partial charge in [-0.05, 0) is 43.3 Å². The summed E-state index contributed by atoms with van der Waals surface area (Å²) < 4.78 is 5.72. The molecule has 0 aliphatic carbocycles. The molecule has 0 fully saturated rings. The van der Waals surface area contributed by atoms with Crippen LogP contribution in [-0.2, 0) is 0 Å². The number of anilines is 1. The summed E-state index contributed by atoms with van der Waals surface area (Å²) in [5.74, 6) is 0.668. The Morgan fingerprint density at radius 3 is 2.68 bits per heavy atom. The average Bonchev–Trinajstić information content (AvgIpc) is 2.65. The first-order valence-electron chi connectivity index (χ1n) is 8.39. The van der Waals surface area contributed by atoms with Crippen molar-refractivity contribution in [2.45, 2.75) is 13.0 Å². The van der Waals surface area contributed by atoms with E-state index in [1.54, 1.807) is 18.2 Å². The van der Waals surface area contributed by atoms with Gasteiger partial charge in [0, 0.05) is 35.7 Å². The van der Waals surface area contributed by atoms with Gasteiger partial charge in [0.2, 0.25) is 5.56 Å². The van der Waals surface area contributed by atoms with Crippen LogP contribution in [0.3, 0.4) is 0 Å². The van der Waals surface area contributed by atoms with E-state index >= 15 is 0 Å². The molecule has 3 rings (SSSR count). The number of aromatic nitrogens is 1. The molecule has 1 aromatic heterocycles. The molecule has 0 saturated carbocycles. The number of para-hydroxylation sites is 1. The molecular weight excluding hydrogens is 316 g/mol. The molecule has 0 aliphatic rings. The van der Waals surface area contributed by atoms with Crippen molar-refractivity contribution < 1.29 is 9.84 Å². The van der Waals surface area contributed by atoms with Crippen LogP contribution in [0, 0.1) is 0 Å². The maximum atomic E-state index is 11.3. The Labute approximate surface area is 146 Å². The molecule has 0 spiro atoms. The third kappa shape index (κ3) is 4.39. The summed E-state index contributed by atoms with van der Waals surface area (Å²) in [7, 11) is 0. The number of aromatic amines is 1. The van der Waals surface area contributed by atoms with Gasteiger partial charge in [0.15, 0.2) is 0 Å². The minimum Gasteiger partial charge on any atom is -0.491 e. The maximum absolute atomic E-state index is 11.3. The molecule has 130 valence electrons. The van der Waals surface area contributed by atoms with Crippen LogP contribution in [0.2, 0.25) is 0 Å². The summed E-state index contributed by atoms with van der Waals surface area (Å²) in [5.41, 5.74) is 1.72. The molecule has 2 aromatic carbocycles. The lowest BCUT2D eigenvalue weighted by Gasteiger charge is -2.26. The number of H-pyrrole nitrogens is 1. The normalized spacial score (nSPS) is 12.1. The molecule has 0 amide bonds. The summed E-state index contributed by atoms with van der Waals surface area (Å²) >= 11 is 0. The van der Waals surface area contributed by atoms with E-state index in [1.807, 2.05) is 36.4 Å². The van der Waals surface area contributed by atoms with E-state index in [1.165, 1.54) is 6.07 Å². The predicted octanol–water partition coefficient (Wildman–Crippen LogP) is 2.79. The van der Waals surface area contributed by atoms with Crippen LogP contribution in [0.1, 0.15) is 6.92 Å². The van der Waals surface area contributed by atoms with Gasteiger partial charge in [0.1, 0.15) is 18.5 Å². The number of aliphatic hydroxyl groups excluding tert-OH is 1. The number of ether oxygens (including phenoxy) is 1. The summed E-state index contributed by atoms with van der Waals surface area (Å²) in [6.45, 7) is 3.58. The topological polar surface area (TPSA) is 65.6 Å². The standard InChI is InChI=1S/C20H22N2O3/c1-2-22(16-6-4-3-5-7-16)13-17(23)14-25-18-9-10-19-15(12-18)8-11-20(24)21-19/h3-12,17,23H,2,13-14H2,1H3,(H,21,24). The van der Waals surface area contributed by atoms with Crippen LogP contribution >= 0.6 is 0 Å². The zero-order chi connectivity index (χ0) is 17.6. The van der Waals surface area contributed by atoms with Crippen LogP contribution in [0.5, 0.6) is 5.75 Å². The second-order valence-electron chi connectivity index (χ2n) is 5.91. The highest BCUT2D eigenvalue weighted by atomic mass is 16.5. The van der Waals surface area contributed by atoms with Gasteiger partial charge < -0.3 is 19.7 Å². The number of hydrogen-bond acceptors (Lipinski definition) is 4. The van der Waals surface area contributed by atoms with Gasteiger partial charge in [-0.25, -0.2) is 0 Å². The van der Waals surface area contributed by atoms with Crippen molar-refractivity contribution in [3.63, 3.8) is 0 Å². The highest BCUT2D eigenvalue weighted by Crippen LogP contribution is 2.19. The number of nitrogens with one attached hydrogen (secondary N) is 1. The van der Waals surface area contributed by atoms with Crippen LogP contribution in [0.25, 0.3) is 10.9 Å². The zero-order valence-electron chi connectivity index (χ0n) is 14.2. The van der Waals surface area contributed by atoms with Gasteiger partial charge in [0.05, 0.1) is 0 Å². The molecular formula is C20H22N2O3. The second-order valence-corrected chi connectivity index (χ2v) is 5.91. The Kier molecular flexibility index (Phi) is 5.36. The lowest BCUT2D eigenvalue weighted by atomic mass is 10.2. The van der Waals surface area contributed by atoms with Crippen molar-refractivity contribution in [2.75, 3.05) is 24.6 Å². The Morgan fingerprint density at radius 1 is 1.12 bits per heavy atom. The molecule has 1 heterocycles. The van der Waals surface area contributed by atoms with Crippen LogP contribution in [0.4, 0.5) is 5.69 Å². The van der Waals surface area contributed by atoms with E-state index in [2.05, 4.69) is 16.8 Å². The first kappa shape index (κ1) is 17.0. The summed E-state index contributed by atoms with van der Waals surface area (Å²) in [6.07, 6.45) is -0.605. The van der Waals surface area contributed by atoms with E-state index in [0.29, 0.717) is 12.3 Å². The van der Waals surface area contributed by atoms with Crippen LogP contribution < -0.4 is 15.2 Å². The monoisotopic (exact) mass is 338 g/mol. The minimum absolute atomic E-state index is 0.128. The molecule has 2 N–H and O–H groups in total. The number of likely N-dealkylation sites (N-methyl/N-ethyl adjacent to an activating group) is 1. The van der Waals surface area contributed by atoms with Gasteiger partial charge in [-0.15, -0.1) is 0 Å². The fourth-order valence-corrected chi connectivity index (χ4v) is 2.78. The van der Waals surface area contributed by atoms with Gasteiger partial charge in [-0.3, -0.25) is 4.79 Å². The molecule has 0 radical (unpaired) electrons. The van der Waals surface area contributed by atoms with E-state index < -0.39 is 6.10 Å². The maximum Gasteiger partial charge on any atom is 0.248 e. The van der Waals surface area contributed by atoms with Crippen molar-refractivity contribution in [3.8, 4) is 5.75 Å². The van der Waals surface area contributed by atoms with Crippen molar-refractivity contribution >= 4 is 16.6 Å². The van der Waals surface area contributed by atoms with Crippen molar-refractivity contribution in [1.82, 2.24) is 4.98 Å². The van der Waals surface area contributed by atoms with Gasteiger partial charge in [-0.2, -0.15) is 0 Å². The predicted molar refractivity (Wildman–Crippen MR) is 100 cm³/mol. The number of nitrogens with zero attached hydrogens (tertiary/aromatic N) is 1. The molecule has 0 aliphatic heterocycles. The minimum atomic E-state index is -0.605. The summed E-state index contributed by atoms with van der Waals surface area (Å²) in [5, 5.41) is 11.2. The SMILES string of the molecule is CCN(CC(O)COc1ccc2[nH]c(=O)ccc2c1)c1ccccc1. The molecule has 0 bridgehead atoms. The second kappa shape index (κ2) is 7.85. The summed E-state index contributed by atoms with van der Waals surface area (Å²) in [4.78, 5) is 16.2. The Bertz CT molecular complexity index is 877. The quantitative estimate of drug-likeness (QED) is 0.695. The summed E-state index contributed by atoms with van der Waals surface area (Å²) in [6, 6.07) is 18.7. The average molecular weight is 338 g/mol. The smallest absolute Gasteiger partial charge is 0.248 e. The van der Waals surface area contributed by atoms with Crippen LogP contribution in [0.15, 0.2) is 65.5 Å². The van der Waals surface area contributed by atoms with Crippen molar-refractivity contribution in [1.29, 1.82) is 0 Å². The lowest BCUT2D eigenvalue weighted by molar-refractivity contribution is 0.112. The lowest BCUT2D eigenvalue weighted by Crippen LogP contribution is -2.35. The molecule has 1 unspecified atom stereocenters. The number of aliphatic hydroxyl groups is 1. The van der Waals surface area contributed by atoms with E-state index in [0.717, 1.165) is 23.1 Å². The molecule has 5 heteroatoms. The first-order valence-corrected chi connectivity index (χ1v) is 8.39. The number of hydrogen-bond donors (Lipinski definition) is 2. The molecule has 25 heavy (non-hydrogen) atoms. The fourth-order valence-electron chi connectivity index (χ4n) is 2.78. The van der Waals surface area contributed by atoms with E-state index in [4.69, 9.17) is 4.74 Å². The molecule has 5 nitrogen and oxygen atoms in total. The third-order valence-corrected chi connectivity index (χ3v) is 4.07. The number of rotatable bonds is 7. The van der Waals surface area contributed by atoms with Crippen LogP contribution in [-0.4, -0.2) is 35.9 Å². The van der Waals surface area contributed by atoms with E-state index in [-0.39, 0.29) is 12.2 Å². The van der Waals surface area contributed by atoms with Gasteiger partial charge >= 0.3 is 0 Å². The van der Waals surface area contributed by atoms with Gasteiger partial charge in [-0.1, -0.05) is 18.2 Å². The van der Waals surface area contributed by atoms with E-state index in [9.17, 15) is 9.90 Å². The highest BCUT2D eigenvalue weighted by Gasteiger charge is 2.12. The largest absolute Gasteiger partial charge is 0.491 e. The Balaban J connectivity index is 1.61. The van der Waals surface area contributed by atoms with Crippen molar-refractivity contribution in [2.24, 2.45) is 0 Å². The Hall–Kier alpha value is -2.79. The highest BCUT2D eigenvalue weighted by molar-refractivity contribution is 5.79. The molecule has 1 atom stereocenters. The third-order valence-electron chi connectivity index (χ3n) is 4.07. The Morgan fingerprint density at radius 2 is 1.92 bits per heavy atom. The molecule has 0 saturated heterocycles. The first-order chi connectivity index (χ1) is 12.2.